The fourth-order valence-electron chi connectivity index (χ4n) is 1.91. The van der Waals surface area contributed by atoms with Gasteiger partial charge in [0.15, 0.2) is 6.29 Å². The summed E-state index contributed by atoms with van der Waals surface area (Å²) in [7, 11) is 0. The standard InChI is InChI=1S/C15H17N3O5/c1-2-23-14(22)11-8-16-15(18-13(11)21)17-10-5-3-9(4-6-10)7-12(19)20/h3-6,8,14,22H,2,7H2,1H3,(H,19,20)(H2,16,17,18,21). The van der Waals surface area contributed by atoms with Crippen LogP contribution in [-0.4, -0.2) is 32.8 Å². The molecule has 1 unspecified atom stereocenters. The number of aliphatic hydroxyl groups excluding tert-OH is 1. The zero-order valence-electron chi connectivity index (χ0n) is 12.4. The van der Waals surface area contributed by atoms with Gasteiger partial charge in [0.05, 0.1) is 12.0 Å². The van der Waals surface area contributed by atoms with Crippen LogP contribution in [0.2, 0.25) is 0 Å². The molecule has 2 aromatic rings. The van der Waals surface area contributed by atoms with Crippen LogP contribution < -0.4 is 10.9 Å². The van der Waals surface area contributed by atoms with Gasteiger partial charge in [-0.2, -0.15) is 0 Å². The number of ether oxygens (including phenoxy) is 1. The molecule has 0 amide bonds. The molecule has 4 N–H and O–H groups in total. The summed E-state index contributed by atoms with van der Waals surface area (Å²) in [5.41, 5.74) is 0.820. The number of carboxylic acids is 1. The third kappa shape index (κ3) is 4.63. The minimum Gasteiger partial charge on any atom is -0.481 e. The summed E-state index contributed by atoms with van der Waals surface area (Å²) >= 11 is 0. The van der Waals surface area contributed by atoms with Crippen LogP contribution in [0.4, 0.5) is 11.6 Å². The molecule has 0 spiro atoms. The Balaban J connectivity index is 2.10. The molecule has 1 atom stereocenters. The smallest absolute Gasteiger partial charge is 0.307 e. The second kappa shape index (κ2) is 7.52. The van der Waals surface area contributed by atoms with Crippen LogP contribution in [0.25, 0.3) is 0 Å². The highest BCUT2D eigenvalue weighted by Crippen LogP contribution is 2.14. The number of nitrogens with zero attached hydrogens (tertiary/aromatic N) is 1. The fraction of sp³-hybridized carbons (Fsp3) is 0.267. The van der Waals surface area contributed by atoms with Crippen molar-refractivity contribution in [3.63, 3.8) is 0 Å². The second-order valence-electron chi connectivity index (χ2n) is 4.72. The van der Waals surface area contributed by atoms with Gasteiger partial charge in [0, 0.05) is 18.5 Å². The van der Waals surface area contributed by atoms with Crippen LogP contribution in [0.3, 0.4) is 0 Å². The number of hydrogen-bond donors (Lipinski definition) is 4. The minimum absolute atomic E-state index is 0.0224. The van der Waals surface area contributed by atoms with E-state index in [4.69, 9.17) is 9.84 Å². The van der Waals surface area contributed by atoms with Crippen molar-refractivity contribution >= 4 is 17.6 Å². The van der Waals surface area contributed by atoms with Crippen LogP contribution in [0.15, 0.2) is 35.3 Å². The van der Waals surface area contributed by atoms with Gasteiger partial charge in [-0.05, 0) is 24.6 Å². The van der Waals surface area contributed by atoms with E-state index in [1.54, 1.807) is 31.2 Å². The van der Waals surface area contributed by atoms with Crippen LogP contribution in [-0.2, 0) is 16.0 Å². The van der Waals surface area contributed by atoms with Gasteiger partial charge in [0.1, 0.15) is 0 Å². The SMILES string of the molecule is CCOC(O)c1cnc(Nc2ccc(CC(=O)O)cc2)[nH]c1=O. The number of hydrogen-bond acceptors (Lipinski definition) is 6. The highest BCUT2D eigenvalue weighted by molar-refractivity contribution is 5.70. The van der Waals surface area contributed by atoms with Crippen molar-refractivity contribution < 1.29 is 19.7 Å². The zero-order valence-corrected chi connectivity index (χ0v) is 12.4. The average molecular weight is 319 g/mol. The molecule has 0 aliphatic heterocycles. The molecular formula is C15H17N3O5. The monoisotopic (exact) mass is 319 g/mol. The Kier molecular flexibility index (Phi) is 5.45. The number of carboxylic acid groups (broad SMARTS) is 1. The van der Waals surface area contributed by atoms with Gasteiger partial charge >= 0.3 is 5.97 Å². The van der Waals surface area contributed by atoms with Gasteiger partial charge < -0.3 is 20.3 Å². The molecule has 2 rings (SSSR count). The number of nitrogens with one attached hydrogen (secondary N) is 2. The van der Waals surface area contributed by atoms with Crippen molar-refractivity contribution in [1.29, 1.82) is 0 Å². The van der Waals surface area contributed by atoms with E-state index in [2.05, 4.69) is 15.3 Å². The molecule has 0 bridgehead atoms. The number of carbonyl (C=O) groups is 1. The summed E-state index contributed by atoms with van der Waals surface area (Å²) in [6.45, 7) is 1.97. The first-order chi connectivity index (χ1) is 11.0. The molecule has 0 aliphatic rings. The van der Waals surface area contributed by atoms with Gasteiger partial charge in [-0.3, -0.25) is 14.6 Å². The Labute approximate surface area is 131 Å². The number of aliphatic hydroxyl groups is 1. The highest BCUT2D eigenvalue weighted by atomic mass is 16.6. The first-order valence-electron chi connectivity index (χ1n) is 6.96. The van der Waals surface area contributed by atoms with Crippen molar-refractivity contribution in [1.82, 2.24) is 9.97 Å². The Morgan fingerprint density at radius 2 is 2.09 bits per heavy atom. The zero-order chi connectivity index (χ0) is 16.8. The van der Waals surface area contributed by atoms with E-state index >= 15 is 0 Å². The molecule has 0 saturated heterocycles. The van der Waals surface area contributed by atoms with Gasteiger partial charge in [0.25, 0.3) is 5.56 Å². The normalized spacial score (nSPS) is 11.9. The summed E-state index contributed by atoms with van der Waals surface area (Å²) in [6, 6.07) is 6.70. The second-order valence-corrected chi connectivity index (χ2v) is 4.72. The van der Waals surface area contributed by atoms with Crippen molar-refractivity contribution in [2.24, 2.45) is 0 Å². The van der Waals surface area contributed by atoms with Crippen LogP contribution in [0.1, 0.15) is 24.3 Å². The maximum Gasteiger partial charge on any atom is 0.307 e. The minimum atomic E-state index is -1.32. The molecule has 8 nitrogen and oxygen atoms in total. The Morgan fingerprint density at radius 1 is 1.39 bits per heavy atom. The molecule has 0 saturated carbocycles. The maximum atomic E-state index is 11.9. The lowest BCUT2D eigenvalue weighted by atomic mass is 10.1. The van der Waals surface area contributed by atoms with E-state index in [0.29, 0.717) is 11.3 Å². The van der Waals surface area contributed by atoms with Crippen molar-refractivity contribution in [2.75, 3.05) is 11.9 Å². The molecule has 122 valence electrons. The van der Waals surface area contributed by atoms with Crippen LogP contribution >= 0.6 is 0 Å². The number of aromatic nitrogens is 2. The number of aliphatic carboxylic acids is 1. The number of benzene rings is 1. The van der Waals surface area contributed by atoms with Gasteiger partial charge in [0.2, 0.25) is 5.95 Å². The largest absolute Gasteiger partial charge is 0.481 e. The summed E-state index contributed by atoms with van der Waals surface area (Å²) in [5, 5.41) is 21.2. The molecule has 1 aromatic carbocycles. The van der Waals surface area contributed by atoms with E-state index < -0.39 is 17.8 Å². The predicted octanol–water partition coefficient (Wildman–Crippen LogP) is 1.17. The number of rotatable bonds is 7. The summed E-state index contributed by atoms with van der Waals surface area (Å²) in [6.07, 6.45) is -0.139. The molecule has 0 aliphatic carbocycles. The van der Waals surface area contributed by atoms with Crippen molar-refractivity contribution in [3.8, 4) is 0 Å². The first-order valence-corrected chi connectivity index (χ1v) is 6.96. The average Bonchev–Trinajstić information content (AvgIpc) is 2.49. The lowest BCUT2D eigenvalue weighted by Crippen LogP contribution is -2.20. The Morgan fingerprint density at radius 3 is 2.65 bits per heavy atom. The number of aromatic amines is 1. The molecule has 8 heteroatoms. The first kappa shape index (κ1) is 16.7. The van der Waals surface area contributed by atoms with Gasteiger partial charge in [-0.25, -0.2) is 4.98 Å². The summed E-state index contributed by atoms with van der Waals surface area (Å²) in [5.74, 6) is -0.700. The third-order valence-corrected chi connectivity index (χ3v) is 2.99. The lowest BCUT2D eigenvalue weighted by molar-refractivity contribution is -0.136. The van der Waals surface area contributed by atoms with Crippen LogP contribution in [0, 0.1) is 0 Å². The van der Waals surface area contributed by atoms with E-state index in [-0.39, 0.29) is 24.5 Å². The summed E-state index contributed by atoms with van der Waals surface area (Å²) in [4.78, 5) is 29.0. The maximum absolute atomic E-state index is 11.9. The Hall–Kier alpha value is -2.71. The van der Waals surface area contributed by atoms with Gasteiger partial charge in [-0.15, -0.1) is 0 Å². The predicted molar refractivity (Wildman–Crippen MR) is 82.5 cm³/mol. The highest BCUT2D eigenvalue weighted by Gasteiger charge is 2.12. The molecule has 1 aromatic heterocycles. The molecule has 0 fully saturated rings. The van der Waals surface area contributed by atoms with Crippen molar-refractivity contribution in [3.05, 3.63) is 51.9 Å². The number of H-pyrrole nitrogens is 1. The Bertz CT molecular complexity index is 727. The molecule has 23 heavy (non-hydrogen) atoms. The molecule has 1 heterocycles. The van der Waals surface area contributed by atoms with E-state index in [0.717, 1.165) is 0 Å². The van der Waals surface area contributed by atoms with E-state index in [9.17, 15) is 14.7 Å². The fourth-order valence-corrected chi connectivity index (χ4v) is 1.91. The van der Waals surface area contributed by atoms with Crippen LogP contribution in [0.5, 0.6) is 0 Å². The molecule has 0 radical (unpaired) electrons. The topological polar surface area (TPSA) is 125 Å². The van der Waals surface area contributed by atoms with E-state index in [1.807, 2.05) is 0 Å². The van der Waals surface area contributed by atoms with Gasteiger partial charge in [-0.1, -0.05) is 12.1 Å². The quantitative estimate of drug-likeness (QED) is 0.564. The molecular weight excluding hydrogens is 302 g/mol. The van der Waals surface area contributed by atoms with Crippen molar-refractivity contribution in [2.45, 2.75) is 19.6 Å². The lowest BCUT2D eigenvalue weighted by Gasteiger charge is -2.10. The van der Waals surface area contributed by atoms with E-state index in [1.165, 1.54) is 6.20 Å². The summed E-state index contributed by atoms with van der Waals surface area (Å²) < 4.78 is 4.94. The third-order valence-electron chi connectivity index (χ3n) is 2.99. The number of anilines is 2.